The maximum atomic E-state index is 10.7. The average molecular weight is 351 g/mol. The Balaban J connectivity index is 1.91. The van der Waals surface area contributed by atoms with E-state index in [1.54, 1.807) is 42.5 Å². The van der Waals surface area contributed by atoms with E-state index >= 15 is 0 Å². The molecule has 3 rings (SSSR count). The minimum atomic E-state index is -1.00. The lowest BCUT2D eigenvalue weighted by molar-refractivity contribution is -0.0218. The molecule has 0 saturated carbocycles. The molecule has 0 amide bonds. The van der Waals surface area contributed by atoms with Crippen LogP contribution < -0.4 is 4.74 Å². The van der Waals surface area contributed by atoms with E-state index in [2.05, 4.69) is 15.1 Å². The molecule has 2 heterocycles. The smallest absolute Gasteiger partial charge is 0.224 e. The summed E-state index contributed by atoms with van der Waals surface area (Å²) in [5.41, 5.74) is 0.622. The van der Waals surface area contributed by atoms with Crippen LogP contribution in [0.1, 0.15) is 17.9 Å². The van der Waals surface area contributed by atoms with Crippen LogP contribution in [-0.2, 0) is 0 Å². The van der Waals surface area contributed by atoms with E-state index < -0.39 is 12.3 Å². The van der Waals surface area contributed by atoms with Gasteiger partial charge in [0.15, 0.2) is 0 Å². The molecule has 0 aliphatic rings. The fourth-order valence-corrected chi connectivity index (χ4v) is 2.30. The van der Waals surface area contributed by atoms with Gasteiger partial charge in [-0.1, -0.05) is 41.4 Å². The average Bonchev–Trinajstić information content (AvgIpc) is 3.07. The summed E-state index contributed by atoms with van der Waals surface area (Å²) in [6, 6.07) is 11.8. The Morgan fingerprint density at radius 3 is 2.52 bits per heavy atom. The number of ether oxygens (including phenoxy) is 1. The number of rotatable bonds is 5. The Labute approximate surface area is 142 Å². The van der Waals surface area contributed by atoms with Gasteiger partial charge in [0, 0.05) is 11.1 Å². The molecule has 3 aromatic rings. The number of halogens is 2. The Morgan fingerprint density at radius 2 is 1.87 bits per heavy atom. The molecule has 0 bridgehead atoms. The molecule has 8 heteroatoms. The van der Waals surface area contributed by atoms with Crippen LogP contribution in [0, 0.1) is 0 Å². The van der Waals surface area contributed by atoms with Crippen LogP contribution in [-0.4, -0.2) is 24.9 Å². The van der Waals surface area contributed by atoms with Gasteiger partial charge in [0.1, 0.15) is 23.9 Å². The second-order valence-corrected chi connectivity index (χ2v) is 5.50. The first-order chi connectivity index (χ1) is 11.1. The van der Waals surface area contributed by atoms with Gasteiger partial charge in [-0.15, -0.1) is 0 Å². The number of aliphatic hydroxyl groups is 1. The second kappa shape index (κ2) is 6.95. The Kier molecular flexibility index (Phi) is 4.76. The normalized spacial score (nSPS) is 13.5. The van der Waals surface area contributed by atoms with Gasteiger partial charge >= 0.3 is 0 Å². The number of hydrogen-bond acceptors (Lipinski definition) is 5. The van der Waals surface area contributed by atoms with Gasteiger partial charge in [0.05, 0.1) is 0 Å². The van der Waals surface area contributed by atoms with Crippen LogP contribution in [0.5, 0.6) is 5.88 Å². The molecule has 118 valence electrons. The van der Waals surface area contributed by atoms with Crippen molar-refractivity contribution < 1.29 is 9.84 Å². The summed E-state index contributed by atoms with van der Waals surface area (Å²) in [5, 5.41) is 15.6. The molecule has 0 radical (unpaired) electrons. The highest BCUT2D eigenvalue weighted by molar-refractivity contribution is 6.30. The van der Waals surface area contributed by atoms with E-state index in [4.69, 9.17) is 27.9 Å². The summed E-state index contributed by atoms with van der Waals surface area (Å²) in [6.07, 6.45) is 0.949. The maximum absolute atomic E-state index is 10.7. The van der Waals surface area contributed by atoms with Gasteiger partial charge < -0.3 is 9.84 Å². The molecule has 2 atom stereocenters. The molecular formula is C15H12Cl2N4O2. The minimum Gasteiger partial charge on any atom is -0.448 e. The molecule has 6 nitrogen and oxygen atoms in total. The lowest BCUT2D eigenvalue weighted by Crippen LogP contribution is -2.24. The Morgan fingerprint density at radius 1 is 1.09 bits per heavy atom. The first-order valence-corrected chi connectivity index (χ1v) is 7.46. The highest BCUT2D eigenvalue weighted by Gasteiger charge is 2.26. The zero-order chi connectivity index (χ0) is 16.2. The van der Waals surface area contributed by atoms with Gasteiger partial charge in [-0.2, -0.15) is 5.10 Å². The quantitative estimate of drug-likeness (QED) is 0.714. The zero-order valence-corrected chi connectivity index (χ0v) is 13.3. The van der Waals surface area contributed by atoms with Crippen LogP contribution in [0.4, 0.5) is 0 Å². The van der Waals surface area contributed by atoms with Crippen LogP contribution in [0.3, 0.4) is 0 Å². The fraction of sp³-hybridized carbons (Fsp3) is 0.133. The molecule has 1 aromatic carbocycles. The maximum Gasteiger partial charge on any atom is 0.224 e. The summed E-state index contributed by atoms with van der Waals surface area (Å²) < 4.78 is 7.17. The fourth-order valence-electron chi connectivity index (χ4n) is 2.02. The second-order valence-electron chi connectivity index (χ2n) is 4.68. The van der Waals surface area contributed by atoms with E-state index in [1.165, 1.54) is 17.3 Å². The van der Waals surface area contributed by atoms with Gasteiger partial charge in [-0.05, 0) is 23.8 Å². The van der Waals surface area contributed by atoms with Crippen molar-refractivity contribution in [3.63, 3.8) is 0 Å². The van der Waals surface area contributed by atoms with Crippen LogP contribution in [0.25, 0.3) is 0 Å². The third kappa shape index (κ3) is 3.79. The first kappa shape index (κ1) is 15.7. The van der Waals surface area contributed by atoms with E-state index in [1.807, 2.05) is 0 Å². The number of benzene rings is 1. The topological polar surface area (TPSA) is 73.1 Å². The number of aromatic nitrogens is 4. The molecule has 0 saturated heterocycles. The summed E-state index contributed by atoms with van der Waals surface area (Å²) in [7, 11) is 0. The Bertz CT molecular complexity index is 765. The number of hydrogen-bond donors (Lipinski definition) is 1. The summed E-state index contributed by atoms with van der Waals surface area (Å²) in [5.74, 6) is 0.269. The van der Waals surface area contributed by atoms with Crippen LogP contribution >= 0.6 is 23.2 Å². The minimum absolute atomic E-state index is 0.269. The molecular weight excluding hydrogens is 339 g/mol. The molecule has 0 aliphatic heterocycles. The van der Waals surface area contributed by atoms with Gasteiger partial charge in [-0.25, -0.2) is 14.6 Å². The molecule has 2 unspecified atom stereocenters. The van der Waals surface area contributed by atoms with Crippen molar-refractivity contribution in [1.82, 2.24) is 19.7 Å². The standard InChI is InChI=1S/C15H12Cl2N4O2/c16-11-6-4-10(5-7-11)14(22)15(21-9-18-8-19-21)23-13-3-1-2-12(17)20-13/h1-9,14-15,22H. The summed E-state index contributed by atoms with van der Waals surface area (Å²) >= 11 is 11.7. The van der Waals surface area contributed by atoms with E-state index in [0.717, 1.165) is 0 Å². The zero-order valence-electron chi connectivity index (χ0n) is 11.8. The van der Waals surface area contributed by atoms with Crippen molar-refractivity contribution in [1.29, 1.82) is 0 Å². The molecule has 1 N–H and O–H groups in total. The predicted molar refractivity (Wildman–Crippen MR) is 85.3 cm³/mol. The SMILES string of the molecule is OC(c1ccc(Cl)cc1)C(Oc1cccc(Cl)n1)n1cncn1. The van der Waals surface area contributed by atoms with Gasteiger partial charge in [0.2, 0.25) is 12.1 Å². The van der Waals surface area contributed by atoms with Gasteiger partial charge in [0.25, 0.3) is 0 Å². The molecule has 23 heavy (non-hydrogen) atoms. The first-order valence-electron chi connectivity index (χ1n) is 6.70. The third-order valence-electron chi connectivity index (χ3n) is 3.11. The van der Waals surface area contributed by atoms with Crippen molar-refractivity contribution in [3.8, 4) is 5.88 Å². The van der Waals surface area contributed by atoms with Crippen molar-refractivity contribution in [2.75, 3.05) is 0 Å². The summed E-state index contributed by atoms with van der Waals surface area (Å²) in [6.45, 7) is 0. The number of pyridine rings is 1. The molecule has 0 aliphatic carbocycles. The van der Waals surface area contributed by atoms with E-state index in [0.29, 0.717) is 15.7 Å². The molecule has 0 spiro atoms. The predicted octanol–water partition coefficient (Wildman–Crippen LogP) is 3.29. The van der Waals surface area contributed by atoms with Crippen molar-refractivity contribution >= 4 is 23.2 Å². The van der Waals surface area contributed by atoms with Crippen LogP contribution in [0.2, 0.25) is 10.2 Å². The number of aliphatic hydroxyl groups excluding tert-OH is 1. The Hall–Kier alpha value is -2.15. The van der Waals surface area contributed by atoms with Crippen molar-refractivity contribution in [3.05, 3.63) is 70.9 Å². The largest absolute Gasteiger partial charge is 0.448 e. The third-order valence-corrected chi connectivity index (χ3v) is 3.57. The monoisotopic (exact) mass is 350 g/mol. The van der Waals surface area contributed by atoms with Gasteiger partial charge in [-0.3, -0.25) is 0 Å². The lowest BCUT2D eigenvalue weighted by Gasteiger charge is -2.23. The number of nitrogens with zero attached hydrogens (tertiary/aromatic N) is 4. The molecule has 2 aromatic heterocycles. The highest BCUT2D eigenvalue weighted by Crippen LogP contribution is 2.29. The highest BCUT2D eigenvalue weighted by atomic mass is 35.5. The molecule has 0 fully saturated rings. The summed E-state index contributed by atoms with van der Waals surface area (Å²) in [4.78, 5) is 7.95. The van der Waals surface area contributed by atoms with Crippen LogP contribution in [0.15, 0.2) is 55.1 Å². The lowest BCUT2D eigenvalue weighted by atomic mass is 10.1. The van der Waals surface area contributed by atoms with E-state index in [-0.39, 0.29) is 5.88 Å². The van der Waals surface area contributed by atoms with Crippen molar-refractivity contribution in [2.24, 2.45) is 0 Å². The van der Waals surface area contributed by atoms with Crippen molar-refractivity contribution in [2.45, 2.75) is 12.3 Å². The van der Waals surface area contributed by atoms with E-state index in [9.17, 15) is 5.11 Å².